The lowest BCUT2D eigenvalue weighted by atomic mass is 10.5. The summed E-state index contributed by atoms with van der Waals surface area (Å²) in [4.78, 5) is 0. The Labute approximate surface area is 80.1 Å². The molecule has 0 aromatic carbocycles. The van der Waals surface area contributed by atoms with Gasteiger partial charge in [0.2, 0.25) is 0 Å². The summed E-state index contributed by atoms with van der Waals surface area (Å²) in [6.07, 6.45) is -1.88. The Balaban J connectivity index is 4.39. The van der Waals surface area contributed by atoms with Gasteiger partial charge in [-0.05, 0) is 20.8 Å². The van der Waals surface area contributed by atoms with Crippen molar-refractivity contribution >= 4 is 10.1 Å². The molecule has 0 aromatic heterocycles. The highest BCUT2D eigenvalue weighted by molar-refractivity contribution is 7.87. The molecule has 0 aliphatic carbocycles. The molecule has 86 valence electrons. The summed E-state index contributed by atoms with van der Waals surface area (Å²) in [6.45, 7) is 4.16. The number of ether oxygens (including phenoxy) is 1. The van der Waals surface area contributed by atoms with Crippen LogP contribution in [0.15, 0.2) is 0 Å². The first-order valence-electron chi connectivity index (χ1n) is 3.71. The van der Waals surface area contributed by atoms with Gasteiger partial charge in [-0.1, -0.05) is 0 Å². The van der Waals surface area contributed by atoms with Crippen molar-refractivity contribution in [3.63, 3.8) is 0 Å². The summed E-state index contributed by atoms with van der Waals surface area (Å²) in [5.41, 5.74) is -5.42. The average molecular weight is 236 g/mol. The first-order chi connectivity index (χ1) is 6.06. The lowest BCUT2D eigenvalue weighted by molar-refractivity contribution is -0.113. The van der Waals surface area contributed by atoms with Crippen molar-refractivity contribution < 1.29 is 30.5 Å². The van der Waals surface area contributed by atoms with Crippen LogP contribution in [-0.2, 0) is 19.0 Å². The van der Waals surface area contributed by atoms with Crippen molar-refractivity contribution in [1.29, 1.82) is 0 Å². The number of hydrogen-bond acceptors (Lipinski definition) is 4. The largest absolute Gasteiger partial charge is 0.523 e. The van der Waals surface area contributed by atoms with E-state index >= 15 is 0 Å². The molecule has 1 unspecified atom stereocenters. The molecule has 0 N–H and O–H groups in total. The van der Waals surface area contributed by atoms with Crippen molar-refractivity contribution in [1.82, 2.24) is 0 Å². The highest BCUT2D eigenvalue weighted by Crippen LogP contribution is 2.25. The molecular weight excluding hydrogens is 225 g/mol. The zero-order valence-corrected chi connectivity index (χ0v) is 8.65. The van der Waals surface area contributed by atoms with E-state index in [1.165, 1.54) is 0 Å². The highest BCUT2D eigenvalue weighted by Gasteiger charge is 2.48. The van der Waals surface area contributed by atoms with Gasteiger partial charge in [-0.25, -0.2) is 4.18 Å². The first kappa shape index (κ1) is 13.7. The van der Waals surface area contributed by atoms with E-state index in [9.17, 15) is 21.6 Å². The van der Waals surface area contributed by atoms with E-state index in [1.54, 1.807) is 13.8 Å². The maximum absolute atomic E-state index is 11.8. The fraction of sp³-hybridized carbons (Fsp3) is 1.00. The van der Waals surface area contributed by atoms with Crippen LogP contribution in [0.4, 0.5) is 13.2 Å². The second-order valence-electron chi connectivity index (χ2n) is 2.75. The van der Waals surface area contributed by atoms with Crippen molar-refractivity contribution in [3.8, 4) is 0 Å². The molecule has 0 aliphatic heterocycles. The summed E-state index contributed by atoms with van der Waals surface area (Å²) in [6, 6.07) is 0. The third-order valence-corrected chi connectivity index (χ3v) is 2.10. The molecule has 0 amide bonds. The van der Waals surface area contributed by atoms with Crippen LogP contribution in [0.2, 0.25) is 0 Å². The first-order valence-corrected chi connectivity index (χ1v) is 5.12. The second kappa shape index (κ2) is 4.45. The van der Waals surface area contributed by atoms with Crippen LogP contribution in [0, 0.1) is 0 Å². The summed E-state index contributed by atoms with van der Waals surface area (Å²) < 4.78 is 64.5. The van der Waals surface area contributed by atoms with Crippen LogP contribution in [0.1, 0.15) is 20.8 Å². The van der Waals surface area contributed by atoms with Crippen molar-refractivity contribution in [2.24, 2.45) is 0 Å². The lowest BCUT2D eigenvalue weighted by Gasteiger charge is -2.16. The molecule has 0 saturated heterocycles. The molecule has 0 rings (SSSR count). The molecule has 1 atom stereocenters. The van der Waals surface area contributed by atoms with Gasteiger partial charge in [0.05, 0.1) is 6.10 Å². The third kappa shape index (κ3) is 4.25. The number of hydrogen-bond donors (Lipinski definition) is 0. The summed E-state index contributed by atoms with van der Waals surface area (Å²) in [7, 11) is -5.57. The maximum Gasteiger partial charge on any atom is 0.523 e. The van der Waals surface area contributed by atoms with Gasteiger partial charge < -0.3 is 4.74 Å². The van der Waals surface area contributed by atoms with Gasteiger partial charge in [-0.15, -0.1) is 0 Å². The van der Waals surface area contributed by atoms with Crippen LogP contribution < -0.4 is 0 Å². The number of halogens is 3. The van der Waals surface area contributed by atoms with Crippen LogP contribution in [0.3, 0.4) is 0 Å². The Bertz CT molecular complexity index is 269. The monoisotopic (exact) mass is 236 g/mol. The van der Waals surface area contributed by atoms with Gasteiger partial charge in [0.15, 0.2) is 6.29 Å². The molecule has 8 heteroatoms. The molecule has 0 heterocycles. The smallest absolute Gasteiger partial charge is 0.349 e. The van der Waals surface area contributed by atoms with E-state index in [2.05, 4.69) is 8.92 Å². The van der Waals surface area contributed by atoms with Crippen LogP contribution >= 0.6 is 0 Å². The average Bonchev–Trinajstić information content (AvgIpc) is 1.79. The molecule has 0 radical (unpaired) electrons. The second-order valence-corrected chi connectivity index (χ2v) is 4.31. The standard InChI is InChI=1S/C6H11F3O4S/c1-4(2)12-5(3)13-14(10,11)6(7,8)9/h4-5H,1-3H3. The van der Waals surface area contributed by atoms with Gasteiger partial charge in [0, 0.05) is 0 Å². The minimum Gasteiger partial charge on any atom is -0.349 e. The van der Waals surface area contributed by atoms with Gasteiger partial charge in [0.25, 0.3) is 0 Å². The third-order valence-electron chi connectivity index (χ3n) is 1.01. The topological polar surface area (TPSA) is 52.6 Å². The predicted octanol–water partition coefficient (Wildman–Crippen LogP) is 1.62. The molecular formula is C6H11F3O4S. The number of rotatable bonds is 4. The minimum atomic E-state index is -5.57. The Morgan fingerprint density at radius 1 is 1.14 bits per heavy atom. The van der Waals surface area contributed by atoms with E-state index in [0.717, 1.165) is 6.92 Å². The van der Waals surface area contributed by atoms with E-state index in [1.807, 2.05) is 0 Å². The number of alkyl halides is 3. The molecule has 0 saturated carbocycles. The van der Waals surface area contributed by atoms with E-state index < -0.39 is 28.0 Å². The van der Waals surface area contributed by atoms with Gasteiger partial charge in [-0.3, -0.25) is 0 Å². The summed E-state index contributed by atoms with van der Waals surface area (Å²) >= 11 is 0. The van der Waals surface area contributed by atoms with Crippen molar-refractivity contribution in [3.05, 3.63) is 0 Å². The Hall–Kier alpha value is -0.340. The SMILES string of the molecule is CC(C)OC(C)OS(=O)(=O)C(F)(F)F. The molecule has 0 bridgehead atoms. The zero-order valence-electron chi connectivity index (χ0n) is 7.83. The Morgan fingerprint density at radius 2 is 1.57 bits per heavy atom. The van der Waals surface area contributed by atoms with Gasteiger partial charge in [-0.2, -0.15) is 21.6 Å². The fourth-order valence-electron chi connectivity index (χ4n) is 0.639. The fourth-order valence-corrected chi connectivity index (χ4v) is 1.15. The van der Waals surface area contributed by atoms with Gasteiger partial charge >= 0.3 is 15.6 Å². The molecule has 0 aliphatic rings. The Kier molecular flexibility index (Phi) is 4.34. The van der Waals surface area contributed by atoms with Gasteiger partial charge in [0.1, 0.15) is 0 Å². The maximum atomic E-state index is 11.8. The van der Waals surface area contributed by atoms with Crippen molar-refractivity contribution in [2.45, 2.75) is 38.7 Å². The zero-order chi connectivity index (χ0) is 11.6. The van der Waals surface area contributed by atoms with Crippen LogP contribution in [0.25, 0.3) is 0 Å². The normalized spacial score (nSPS) is 15.9. The molecule has 0 aromatic rings. The Morgan fingerprint density at radius 3 is 1.86 bits per heavy atom. The highest BCUT2D eigenvalue weighted by atomic mass is 32.2. The molecule has 14 heavy (non-hydrogen) atoms. The predicted molar refractivity (Wildman–Crippen MR) is 41.7 cm³/mol. The van der Waals surface area contributed by atoms with Crippen molar-refractivity contribution in [2.75, 3.05) is 0 Å². The van der Waals surface area contributed by atoms with E-state index in [4.69, 9.17) is 0 Å². The molecule has 4 nitrogen and oxygen atoms in total. The van der Waals surface area contributed by atoms with E-state index in [0.29, 0.717) is 0 Å². The van der Waals surface area contributed by atoms with Crippen LogP contribution in [0.5, 0.6) is 0 Å². The lowest BCUT2D eigenvalue weighted by Crippen LogP contribution is -2.31. The minimum absolute atomic E-state index is 0.423. The molecule has 0 fully saturated rings. The van der Waals surface area contributed by atoms with E-state index in [-0.39, 0.29) is 0 Å². The van der Waals surface area contributed by atoms with Crippen LogP contribution in [-0.4, -0.2) is 26.3 Å². The summed E-state index contributed by atoms with van der Waals surface area (Å²) in [5, 5.41) is 0. The molecule has 0 spiro atoms. The summed E-state index contributed by atoms with van der Waals surface area (Å²) in [5.74, 6) is 0. The quantitative estimate of drug-likeness (QED) is 0.423.